The van der Waals surface area contributed by atoms with Gasteiger partial charge in [0, 0.05) is 23.0 Å². The average Bonchev–Trinajstić information content (AvgIpc) is 2.74. The highest BCUT2D eigenvalue weighted by Crippen LogP contribution is 2.27. The Hall–Kier alpha value is -1.41. The van der Waals surface area contributed by atoms with Crippen LogP contribution in [0.4, 0.5) is 5.69 Å². The Balaban J connectivity index is 1.79. The van der Waals surface area contributed by atoms with Crippen LogP contribution in [0.1, 0.15) is 11.1 Å². The molecule has 0 aliphatic carbocycles. The fraction of sp³-hybridized carbons (Fsp3) is 0.133. The van der Waals surface area contributed by atoms with Crippen LogP contribution in [0.15, 0.2) is 58.0 Å². The minimum absolute atomic E-state index is 0.946. The lowest BCUT2D eigenvalue weighted by Gasteiger charge is -2.01. The monoisotopic (exact) mass is 285 g/mol. The molecule has 0 unspecified atom stereocenters. The second-order valence-corrected chi connectivity index (χ2v) is 5.20. The van der Waals surface area contributed by atoms with Crippen LogP contribution in [0, 0.1) is 0 Å². The lowest BCUT2D eigenvalue weighted by atomic mass is 10.0. The molecule has 0 spiro atoms. The molecule has 0 fully saturated rings. The van der Waals surface area contributed by atoms with Crippen molar-refractivity contribution in [3.8, 4) is 0 Å². The topological polar surface area (TPSA) is 12.4 Å². The molecular formula is C15H12BrN. The third-order valence-corrected chi connectivity index (χ3v) is 3.51. The molecule has 17 heavy (non-hydrogen) atoms. The Bertz CT molecular complexity index is 570. The van der Waals surface area contributed by atoms with Gasteiger partial charge in [-0.2, -0.15) is 0 Å². The van der Waals surface area contributed by atoms with Gasteiger partial charge in [0.1, 0.15) is 0 Å². The quantitative estimate of drug-likeness (QED) is 0.779. The molecule has 2 aromatic carbocycles. The van der Waals surface area contributed by atoms with Gasteiger partial charge in [0.2, 0.25) is 0 Å². The molecule has 0 amide bonds. The van der Waals surface area contributed by atoms with E-state index in [1.54, 1.807) is 0 Å². The van der Waals surface area contributed by atoms with Gasteiger partial charge in [-0.1, -0.05) is 46.3 Å². The average molecular weight is 286 g/mol. The maximum Gasteiger partial charge on any atom is 0.0665 e. The van der Waals surface area contributed by atoms with Crippen LogP contribution >= 0.6 is 15.9 Å². The van der Waals surface area contributed by atoms with E-state index in [9.17, 15) is 0 Å². The summed E-state index contributed by atoms with van der Waals surface area (Å²) in [4.78, 5) is 4.67. The number of rotatable bonds is 2. The zero-order valence-electron chi connectivity index (χ0n) is 9.36. The summed E-state index contributed by atoms with van der Waals surface area (Å²) in [6.07, 6.45) is 1.94. The van der Waals surface area contributed by atoms with Crippen molar-refractivity contribution in [2.75, 3.05) is 0 Å². The van der Waals surface area contributed by atoms with Gasteiger partial charge in [-0.15, -0.1) is 0 Å². The number of halogens is 1. The highest BCUT2D eigenvalue weighted by Gasteiger charge is 2.13. The molecule has 0 saturated carbocycles. The number of hydrogen-bond donors (Lipinski definition) is 0. The van der Waals surface area contributed by atoms with E-state index in [0.29, 0.717) is 0 Å². The maximum atomic E-state index is 4.67. The van der Waals surface area contributed by atoms with Gasteiger partial charge in [-0.3, -0.25) is 4.99 Å². The Morgan fingerprint density at radius 1 is 1.00 bits per heavy atom. The van der Waals surface area contributed by atoms with E-state index >= 15 is 0 Å². The summed E-state index contributed by atoms with van der Waals surface area (Å²) in [7, 11) is 0. The van der Waals surface area contributed by atoms with Crippen LogP contribution in [-0.2, 0) is 12.8 Å². The van der Waals surface area contributed by atoms with Crippen LogP contribution in [-0.4, -0.2) is 5.71 Å². The van der Waals surface area contributed by atoms with E-state index < -0.39 is 0 Å². The molecule has 0 atom stereocenters. The number of benzene rings is 2. The Morgan fingerprint density at radius 3 is 2.53 bits per heavy atom. The summed E-state index contributed by atoms with van der Waals surface area (Å²) >= 11 is 3.45. The largest absolute Gasteiger partial charge is 0.257 e. The van der Waals surface area contributed by atoms with Crippen molar-refractivity contribution in [2.24, 2.45) is 4.99 Å². The molecule has 84 valence electrons. The first kappa shape index (κ1) is 10.7. The normalized spacial score (nSPS) is 13.4. The minimum Gasteiger partial charge on any atom is -0.257 e. The second-order valence-electron chi connectivity index (χ2n) is 4.29. The first-order valence-corrected chi connectivity index (χ1v) is 6.49. The molecule has 1 aliphatic heterocycles. The van der Waals surface area contributed by atoms with Gasteiger partial charge < -0.3 is 0 Å². The smallest absolute Gasteiger partial charge is 0.0665 e. The summed E-state index contributed by atoms with van der Waals surface area (Å²) < 4.78 is 1.12. The van der Waals surface area contributed by atoms with E-state index in [1.807, 2.05) is 6.07 Å². The van der Waals surface area contributed by atoms with Crippen molar-refractivity contribution in [1.82, 2.24) is 0 Å². The maximum absolute atomic E-state index is 4.67. The summed E-state index contributed by atoms with van der Waals surface area (Å²) in [6, 6.07) is 16.8. The summed E-state index contributed by atoms with van der Waals surface area (Å²) in [5.74, 6) is 0. The molecule has 0 N–H and O–H groups in total. The molecule has 0 aromatic heterocycles. The van der Waals surface area contributed by atoms with Crippen molar-refractivity contribution in [1.29, 1.82) is 0 Å². The first-order valence-electron chi connectivity index (χ1n) is 5.70. The van der Waals surface area contributed by atoms with Gasteiger partial charge in [0.05, 0.1) is 5.69 Å². The first-order chi connectivity index (χ1) is 8.31. The van der Waals surface area contributed by atoms with E-state index in [1.165, 1.54) is 16.8 Å². The molecule has 1 aliphatic rings. The van der Waals surface area contributed by atoms with E-state index in [4.69, 9.17) is 0 Å². The number of para-hydroxylation sites is 1. The van der Waals surface area contributed by atoms with Gasteiger partial charge >= 0.3 is 0 Å². The van der Waals surface area contributed by atoms with Crippen LogP contribution in [0.3, 0.4) is 0 Å². The van der Waals surface area contributed by atoms with Crippen LogP contribution < -0.4 is 0 Å². The van der Waals surface area contributed by atoms with Crippen molar-refractivity contribution in [3.05, 3.63) is 64.1 Å². The van der Waals surface area contributed by atoms with E-state index in [-0.39, 0.29) is 0 Å². The summed E-state index contributed by atoms with van der Waals surface area (Å²) in [5.41, 5.74) is 5.06. The third-order valence-electron chi connectivity index (χ3n) is 2.99. The van der Waals surface area contributed by atoms with Crippen LogP contribution in [0.25, 0.3) is 0 Å². The standard InChI is InChI=1S/C15H12BrN/c16-13-7-5-11(6-8-13)9-14-10-12-3-1-2-4-15(12)17-14/h1-8H,9-10H2. The molecule has 1 nitrogen and oxygen atoms in total. The van der Waals surface area contributed by atoms with Crippen molar-refractivity contribution < 1.29 is 0 Å². The third kappa shape index (κ3) is 2.32. The van der Waals surface area contributed by atoms with E-state index in [0.717, 1.165) is 23.0 Å². The summed E-state index contributed by atoms with van der Waals surface area (Å²) in [6.45, 7) is 0. The fourth-order valence-electron chi connectivity index (χ4n) is 2.14. The number of fused-ring (bicyclic) bond motifs is 1. The molecule has 0 radical (unpaired) electrons. The van der Waals surface area contributed by atoms with Gasteiger partial charge in [0.15, 0.2) is 0 Å². The van der Waals surface area contributed by atoms with E-state index in [2.05, 4.69) is 63.4 Å². The Morgan fingerprint density at radius 2 is 1.76 bits per heavy atom. The second kappa shape index (κ2) is 4.46. The molecule has 2 heteroatoms. The van der Waals surface area contributed by atoms with Crippen molar-refractivity contribution in [2.45, 2.75) is 12.8 Å². The molecule has 3 rings (SSSR count). The molecular weight excluding hydrogens is 274 g/mol. The van der Waals surface area contributed by atoms with Crippen LogP contribution in [0.5, 0.6) is 0 Å². The van der Waals surface area contributed by atoms with Gasteiger partial charge in [-0.05, 0) is 29.3 Å². The molecule has 0 saturated heterocycles. The zero-order valence-corrected chi connectivity index (χ0v) is 10.9. The predicted molar refractivity (Wildman–Crippen MR) is 75.1 cm³/mol. The number of hydrogen-bond acceptors (Lipinski definition) is 1. The zero-order chi connectivity index (χ0) is 11.7. The Labute approximate surface area is 109 Å². The lowest BCUT2D eigenvalue weighted by molar-refractivity contribution is 1.26. The van der Waals surface area contributed by atoms with Crippen molar-refractivity contribution in [3.63, 3.8) is 0 Å². The summed E-state index contributed by atoms with van der Waals surface area (Å²) in [5, 5.41) is 0. The molecule has 2 aromatic rings. The van der Waals surface area contributed by atoms with Crippen LogP contribution in [0.2, 0.25) is 0 Å². The number of nitrogens with zero attached hydrogens (tertiary/aromatic N) is 1. The highest BCUT2D eigenvalue weighted by molar-refractivity contribution is 9.10. The Kier molecular flexibility index (Phi) is 2.81. The van der Waals surface area contributed by atoms with Gasteiger partial charge in [-0.25, -0.2) is 0 Å². The number of aliphatic imine (C=N–C) groups is 1. The lowest BCUT2D eigenvalue weighted by Crippen LogP contribution is -2.02. The minimum atomic E-state index is 0.946. The fourth-order valence-corrected chi connectivity index (χ4v) is 2.40. The molecule has 0 bridgehead atoms. The predicted octanol–water partition coefficient (Wildman–Crippen LogP) is 4.32. The highest BCUT2D eigenvalue weighted by atomic mass is 79.9. The van der Waals surface area contributed by atoms with Gasteiger partial charge in [0.25, 0.3) is 0 Å². The SMILES string of the molecule is Brc1ccc(CC2=Nc3ccccc3C2)cc1. The molecule has 1 heterocycles. The van der Waals surface area contributed by atoms with Crippen molar-refractivity contribution >= 4 is 27.3 Å².